The Labute approximate surface area is 133 Å². The van der Waals surface area contributed by atoms with E-state index in [9.17, 15) is 14.7 Å². The number of carboxylic acids is 1. The summed E-state index contributed by atoms with van der Waals surface area (Å²) in [7, 11) is 0. The van der Waals surface area contributed by atoms with E-state index in [0.29, 0.717) is 23.0 Å². The maximum absolute atomic E-state index is 12.3. The first-order chi connectivity index (χ1) is 9.90. The van der Waals surface area contributed by atoms with Crippen molar-refractivity contribution in [2.45, 2.75) is 32.2 Å². The summed E-state index contributed by atoms with van der Waals surface area (Å²) < 4.78 is 0. The first-order valence-corrected chi connectivity index (χ1v) is 7.62. The molecule has 1 aromatic carbocycles. The number of carbonyl (C=O) groups excluding carboxylic acids is 1. The molecule has 6 heteroatoms. The summed E-state index contributed by atoms with van der Waals surface area (Å²) in [5.74, 6) is -1.08. The second kappa shape index (κ2) is 6.67. The summed E-state index contributed by atoms with van der Waals surface area (Å²) >= 11 is 11.9. The fraction of sp³-hybridized carbons (Fsp3) is 0.467. The van der Waals surface area contributed by atoms with Gasteiger partial charge in [0.15, 0.2) is 0 Å². The standard InChI is InChI=1S/C15H17Cl2NO3/c1-9-6-7-18(14(9)15(20)21)13(19)5-3-10-2-4-11(16)8-12(10)17/h2,4,8-9,14H,3,5-7H2,1H3,(H,20,21). The molecule has 0 aliphatic carbocycles. The molecule has 2 unspecified atom stereocenters. The van der Waals surface area contributed by atoms with Crippen molar-refractivity contribution in [3.05, 3.63) is 33.8 Å². The number of benzene rings is 1. The molecule has 1 amide bonds. The SMILES string of the molecule is CC1CCN(C(=O)CCc2ccc(Cl)cc2Cl)C1C(=O)O. The lowest BCUT2D eigenvalue weighted by Crippen LogP contribution is -2.42. The average Bonchev–Trinajstić information content (AvgIpc) is 2.79. The smallest absolute Gasteiger partial charge is 0.326 e. The van der Waals surface area contributed by atoms with Crippen molar-refractivity contribution in [2.75, 3.05) is 6.54 Å². The van der Waals surface area contributed by atoms with Crippen molar-refractivity contribution in [1.29, 1.82) is 0 Å². The third kappa shape index (κ3) is 3.69. The number of carboxylic acid groups (broad SMARTS) is 1. The van der Waals surface area contributed by atoms with Gasteiger partial charge in [0.05, 0.1) is 0 Å². The highest BCUT2D eigenvalue weighted by atomic mass is 35.5. The Morgan fingerprint density at radius 3 is 2.71 bits per heavy atom. The van der Waals surface area contributed by atoms with E-state index < -0.39 is 12.0 Å². The molecule has 0 spiro atoms. The average molecular weight is 330 g/mol. The number of halogens is 2. The van der Waals surface area contributed by atoms with Crippen LogP contribution < -0.4 is 0 Å². The van der Waals surface area contributed by atoms with E-state index in [4.69, 9.17) is 23.2 Å². The molecular weight excluding hydrogens is 313 g/mol. The Balaban J connectivity index is 2.00. The van der Waals surface area contributed by atoms with Crippen LogP contribution in [0.4, 0.5) is 0 Å². The Hall–Kier alpha value is -1.26. The molecule has 1 N–H and O–H groups in total. The first kappa shape index (κ1) is 16.1. The normalized spacial score (nSPS) is 21.6. The third-order valence-corrected chi connectivity index (χ3v) is 4.48. The van der Waals surface area contributed by atoms with E-state index in [1.807, 2.05) is 6.92 Å². The molecule has 1 aliphatic rings. The topological polar surface area (TPSA) is 57.6 Å². The van der Waals surface area contributed by atoms with Gasteiger partial charge in [0, 0.05) is 23.0 Å². The molecular formula is C15H17Cl2NO3. The summed E-state index contributed by atoms with van der Waals surface area (Å²) in [5.41, 5.74) is 0.841. The maximum atomic E-state index is 12.3. The summed E-state index contributed by atoms with van der Waals surface area (Å²) in [6, 6.07) is 4.45. The zero-order valence-electron chi connectivity index (χ0n) is 11.7. The summed E-state index contributed by atoms with van der Waals surface area (Å²) in [6.07, 6.45) is 1.45. The van der Waals surface area contributed by atoms with Gasteiger partial charge in [0.1, 0.15) is 6.04 Å². The van der Waals surface area contributed by atoms with E-state index in [-0.39, 0.29) is 18.2 Å². The Morgan fingerprint density at radius 2 is 2.10 bits per heavy atom. The molecule has 0 bridgehead atoms. The highest BCUT2D eigenvalue weighted by Crippen LogP contribution is 2.26. The molecule has 2 atom stereocenters. The van der Waals surface area contributed by atoms with Crippen molar-refractivity contribution < 1.29 is 14.7 Å². The van der Waals surface area contributed by atoms with Gasteiger partial charge in [-0.25, -0.2) is 4.79 Å². The molecule has 1 aliphatic heterocycles. The van der Waals surface area contributed by atoms with Crippen LogP contribution in [-0.4, -0.2) is 34.5 Å². The number of amides is 1. The Morgan fingerprint density at radius 1 is 1.38 bits per heavy atom. The lowest BCUT2D eigenvalue weighted by molar-refractivity contribution is -0.149. The molecule has 2 rings (SSSR count). The summed E-state index contributed by atoms with van der Waals surface area (Å²) in [5, 5.41) is 10.3. The molecule has 1 fully saturated rings. The minimum absolute atomic E-state index is 0.00873. The minimum Gasteiger partial charge on any atom is -0.480 e. The lowest BCUT2D eigenvalue weighted by Gasteiger charge is -2.23. The molecule has 21 heavy (non-hydrogen) atoms. The highest BCUT2D eigenvalue weighted by Gasteiger charge is 2.39. The van der Waals surface area contributed by atoms with Crippen LogP contribution in [0, 0.1) is 5.92 Å². The van der Waals surface area contributed by atoms with Crippen LogP contribution in [0.1, 0.15) is 25.3 Å². The number of hydrogen-bond donors (Lipinski definition) is 1. The lowest BCUT2D eigenvalue weighted by atomic mass is 10.0. The minimum atomic E-state index is -0.933. The predicted molar refractivity (Wildman–Crippen MR) is 81.7 cm³/mol. The summed E-state index contributed by atoms with van der Waals surface area (Å²) in [6.45, 7) is 2.37. The number of likely N-dealkylation sites (tertiary alicyclic amines) is 1. The number of aryl methyl sites for hydroxylation is 1. The highest BCUT2D eigenvalue weighted by molar-refractivity contribution is 6.35. The van der Waals surface area contributed by atoms with Crippen molar-refractivity contribution in [1.82, 2.24) is 4.90 Å². The van der Waals surface area contributed by atoms with E-state index in [1.165, 1.54) is 4.90 Å². The van der Waals surface area contributed by atoms with Gasteiger partial charge in [-0.15, -0.1) is 0 Å². The van der Waals surface area contributed by atoms with Gasteiger partial charge in [-0.3, -0.25) is 4.79 Å². The van der Waals surface area contributed by atoms with Gasteiger partial charge in [0.25, 0.3) is 0 Å². The van der Waals surface area contributed by atoms with Gasteiger partial charge in [-0.2, -0.15) is 0 Å². The third-order valence-electron chi connectivity index (χ3n) is 3.90. The zero-order valence-corrected chi connectivity index (χ0v) is 13.2. The second-order valence-electron chi connectivity index (χ2n) is 5.37. The maximum Gasteiger partial charge on any atom is 0.326 e. The Bertz CT molecular complexity index is 562. The number of nitrogens with zero attached hydrogens (tertiary/aromatic N) is 1. The van der Waals surface area contributed by atoms with Crippen LogP contribution >= 0.6 is 23.2 Å². The van der Waals surface area contributed by atoms with E-state index in [1.54, 1.807) is 18.2 Å². The first-order valence-electron chi connectivity index (χ1n) is 6.86. The second-order valence-corrected chi connectivity index (χ2v) is 6.22. The van der Waals surface area contributed by atoms with Crippen molar-refractivity contribution in [3.63, 3.8) is 0 Å². The fourth-order valence-electron chi connectivity index (χ4n) is 2.71. The number of hydrogen-bond acceptors (Lipinski definition) is 2. The van der Waals surface area contributed by atoms with Crippen LogP contribution in [0.5, 0.6) is 0 Å². The van der Waals surface area contributed by atoms with E-state index >= 15 is 0 Å². The predicted octanol–water partition coefficient (Wildman–Crippen LogP) is 3.25. The fourth-order valence-corrected chi connectivity index (χ4v) is 3.22. The molecule has 1 aromatic rings. The van der Waals surface area contributed by atoms with E-state index in [0.717, 1.165) is 12.0 Å². The zero-order chi connectivity index (χ0) is 15.6. The van der Waals surface area contributed by atoms with Crippen molar-refractivity contribution in [2.24, 2.45) is 5.92 Å². The molecule has 0 aromatic heterocycles. The summed E-state index contributed by atoms with van der Waals surface area (Å²) in [4.78, 5) is 25.0. The molecule has 4 nitrogen and oxygen atoms in total. The van der Waals surface area contributed by atoms with Crippen LogP contribution in [0.15, 0.2) is 18.2 Å². The molecule has 114 valence electrons. The molecule has 1 heterocycles. The number of rotatable bonds is 4. The van der Waals surface area contributed by atoms with Gasteiger partial charge in [0.2, 0.25) is 5.91 Å². The van der Waals surface area contributed by atoms with Gasteiger partial charge < -0.3 is 10.0 Å². The largest absolute Gasteiger partial charge is 0.480 e. The van der Waals surface area contributed by atoms with Crippen LogP contribution in [0.2, 0.25) is 10.0 Å². The van der Waals surface area contributed by atoms with Crippen molar-refractivity contribution in [3.8, 4) is 0 Å². The van der Waals surface area contributed by atoms with Gasteiger partial charge >= 0.3 is 5.97 Å². The Kier molecular flexibility index (Phi) is 5.12. The molecule has 0 radical (unpaired) electrons. The van der Waals surface area contributed by atoms with E-state index in [2.05, 4.69) is 0 Å². The van der Waals surface area contributed by atoms with Crippen LogP contribution in [0.3, 0.4) is 0 Å². The van der Waals surface area contributed by atoms with Crippen molar-refractivity contribution >= 4 is 35.1 Å². The van der Waals surface area contributed by atoms with Crippen LogP contribution in [0.25, 0.3) is 0 Å². The van der Waals surface area contributed by atoms with Gasteiger partial charge in [-0.1, -0.05) is 36.2 Å². The van der Waals surface area contributed by atoms with Gasteiger partial charge in [-0.05, 0) is 36.5 Å². The monoisotopic (exact) mass is 329 g/mol. The molecule has 0 saturated carbocycles. The number of aliphatic carboxylic acids is 1. The number of carbonyl (C=O) groups is 2. The molecule has 1 saturated heterocycles. The van der Waals surface area contributed by atoms with Crippen LogP contribution in [-0.2, 0) is 16.0 Å². The quantitative estimate of drug-likeness (QED) is 0.922.